The molecule has 1 saturated carbocycles. The fourth-order valence-electron chi connectivity index (χ4n) is 6.58. The maximum Gasteiger partial charge on any atom is 0.320 e. The summed E-state index contributed by atoms with van der Waals surface area (Å²) in [5.74, 6) is 2.28. The molecule has 5 heterocycles. The summed E-state index contributed by atoms with van der Waals surface area (Å²) in [7, 11) is 0. The average Bonchev–Trinajstić information content (AvgIpc) is 3.82. The minimum absolute atomic E-state index is 0.0666. The molecular weight excluding hydrogens is 540 g/mol. The fraction of sp³-hybridized carbons (Fsp3) is 0.424. The lowest BCUT2D eigenvalue weighted by molar-refractivity contribution is 0.102. The maximum atomic E-state index is 13.5. The topological polar surface area (TPSA) is 122 Å². The van der Waals surface area contributed by atoms with E-state index in [4.69, 9.17) is 10.7 Å². The van der Waals surface area contributed by atoms with Crippen LogP contribution in [0.3, 0.4) is 0 Å². The predicted octanol–water partition coefficient (Wildman–Crippen LogP) is 5.68. The summed E-state index contributed by atoms with van der Waals surface area (Å²) in [5, 5.41) is 2.93. The highest BCUT2D eigenvalue weighted by Crippen LogP contribution is 2.40. The van der Waals surface area contributed by atoms with Crippen LogP contribution in [0.25, 0.3) is 16.8 Å². The number of amides is 3. The van der Waals surface area contributed by atoms with Crippen molar-refractivity contribution in [1.82, 2.24) is 29.2 Å². The lowest BCUT2D eigenvalue weighted by Crippen LogP contribution is -2.52. The van der Waals surface area contributed by atoms with Gasteiger partial charge in [-0.15, -0.1) is 0 Å². The summed E-state index contributed by atoms with van der Waals surface area (Å²) >= 11 is 0. The zero-order valence-electron chi connectivity index (χ0n) is 24.6. The molecular formula is C33H38N8O2. The van der Waals surface area contributed by atoms with E-state index in [1.54, 1.807) is 24.5 Å². The monoisotopic (exact) mass is 578 g/mol. The fourth-order valence-corrected chi connectivity index (χ4v) is 6.58. The summed E-state index contributed by atoms with van der Waals surface area (Å²) in [6.07, 6.45) is 12.9. The van der Waals surface area contributed by atoms with E-state index in [9.17, 15) is 9.59 Å². The van der Waals surface area contributed by atoms with Crippen molar-refractivity contribution in [2.75, 3.05) is 30.7 Å². The van der Waals surface area contributed by atoms with Gasteiger partial charge in [-0.05, 0) is 87.6 Å². The SMILES string of the molecule is CC1CCC(c2nc(-c3ccc(C(=O)Nc4cc(C5CC5)ccn4)cc3)c3c(N)nccn23)CN1C(=O)N1CCCCC1. The summed E-state index contributed by atoms with van der Waals surface area (Å²) in [6.45, 7) is 4.44. The predicted molar refractivity (Wildman–Crippen MR) is 166 cm³/mol. The van der Waals surface area contributed by atoms with Gasteiger partial charge in [0.05, 0.1) is 0 Å². The Morgan fingerprint density at radius 2 is 1.70 bits per heavy atom. The van der Waals surface area contributed by atoms with Gasteiger partial charge >= 0.3 is 6.03 Å². The van der Waals surface area contributed by atoms with Crippen LogP contribution in [0.4, 0.5) is 16.4 Å². The molecule has 3 aromatic heterocycles. The molecule has 2 aliphatic heterocycles. The number of hydrogen-bond donors (Lipinski definition) is 2. The van der Waals surface area contributed by atoms with E-state index in [0.717, 1.165) is 61.4 Å². The lowest BCUT2D eigenvalue weighted by atomic mass is 9.93. The van der Waals surface area contributed by atoms with E-state index >= 15 is 0 Å². The molecule has 2 saturated heterocycles. The van der Waals surface area contributed by atoms with Crippen LogP contribution in [-0.2, 0) is 0 Å². The highest BCUT2D eigenvalue weighted by Gasteiger charge is 2.35. The number of hydrogen-bond acceptors (Lipinski definition) is 6. The third-order valence-corrected chi connectivity index (χ3v) is 9.22. The lowest BCUT2D eigenvalue weighted by Gasteiger charge is -2.41. The first-order chi connectivity index (χ1) is 21.0. The molecule has 10 heteroatoms. The molecule has 2 unspecified atom stereocenters. The average molecular weight is 579 g/mol. The van der Waals surface area contributed by atoms with Crippen LogP contribution in [0.2, 0.25) is 0 Å². The van der Waals surface area contributed by atoms with Crippen LogP contribution >= 0.6 is 0 Å². The first-order valence-corrected chi connectivity index (χ1v) is 15.5. The number of benzene rings is 1. The third-order valence-electron chi connectivity index (χ3n) is 9.22. The number of nitrogen functional groups attached to an aromatic ring is 1. The number of nitrogens with two attached hydrogens (primary N) is 1. The number of piperidine rings is 2. The molecule has 1 aliphatic carbocycles. The summed E-state index contributed by atoms with van der Waals surface area (Å²) < 4.78 is 2.03. The van der Waals surface area contributed by atoms with E-state index < -0.39 is 0 Å². The van der Waals surface area contributed by atoms with Crippen molar-refractivity contribution in [2.24, 2.45) is 0 Å². The van der Waals surface area contributed by atoms with Gasteiger partial charge in [0.25, 0.3) is 5.91 Å². The van der Waals surface area contributed by atoms with Crippen molar-refractivity contribution >= 4 is 29.1 Å². The number of likely N-dealkylation sites (tertiary alicyclic amines) is 2. The second-order valence-corrected chi connectivity index (χ2v) is 12.2. The Kier molecular flexibility index (Phi) is 7.20. The van der Waals surface area contributed by atoms with Crippen molar-refractivity contribution in [1.29, 1.82) is 0 Å². The number of nitrogens with one attached hydrogen (secondary N) is 1. The normalized spacial score (nSPS) is 20.8. The molecule has 3 amide bonds. The van der Waals surface area contributed by atoms with Crippen LogP contribution in [0.5, 0.6) is 0 Å². The van der Waals surface area contributed by atoms with Crippen molar-refractivity contribution in [3.8, 4) is 11.3 Å². The molecule has 3 N–H and O–H groups in total. The van der Waals surface area contributed by atoms with E-state index in [1.165, 1.54) is 24.8 Å². The number of nitrogens with zero attached hydrogens (tertiary/aromatic N) is 6. The molecule has 0 spiro atoms. The molecule has 3 aliphatic rings. The standard InChI is InChI=1S/C33H38N8O2/c1-21-5-6-26(20-41(21)33(43)39-16-3-2-4-17-39)31-38-28(29-30(34)36-15-18-40(29)31)23-9-11-24(12-10-23)32(42)37-27-19-25(13-14-35-27)22-7-8-22/h9-15,18-19,21-22,26H,2-8,16-17,20H2,1H3,(H2,34,36)(H,35,37,42). The largest absolute Gasteiger partial charge is 0.382 e. The molecule has 0 radical (unpaired) electrons. The number of carbonyl (C=O) groups excluding carboxylic acids is 2. The van der Waals surface area contributed by atoms with Gasteiger partial charge in [-0.1, -0.05) is 12.1 Å². The Bertz CT molecular complexity index is 1660. The van der Waals surface area contributed by atoms with E-state index in [0.29, 0.717) is 29.7 Å². The molecule has 222 valence electrons. The number of fused-ring (bicyclic) bond motifs is 1. The summed E-state index contributed by atoms with van der Waals surface area (Å²) in [5.41, 5.74) is 10.5. The second-order valence-electron chi connectivity index (χ2n) is 12.2. The Morgan fingerprint density at radius 1 is 0.930 bits per heavy atom. The smallest absolute Gasteiger partial charge is 0.320 e. The minimum Gasteiger partial charge on any atom is -0.382 e. The zero-order valence-corrected chi connectivity index (χ0v) is 24.6. The number of aromatic nitrogens is 4. The van der Waals surface area contributed by atoms with Crippen molar-refractivity contribution in [3.05, 3.63) is 71.9 Å². The molecule has 0 bridgehead atoms. The Labute approximate surface area is 251 Å². The Morgan fingerprint density at radius 3 is 2.47 bits per heavy atom. The van der Waals surface area contributed by atoms with Crippen LogP contribution in [-0.4, -0.2) is 66.8 Å². The molecule has 10 nitrogen and oxygen atoms in total. The summed E-state index contributed by atoms with van der Waals surface area (Å²) in [6, 6.07) is 11.7. The van der Waals surface area contributed by atoms with E-state index in [2.05, 4.69) is 22.2 Å². The number of anilines is 2. The number of urea groups is 1. The second kappa shape index (κ2) is 11.3. The van der Waals surface area contributed by atoms with Gasteiger partial charge < -0.3 is 20.9 Å². The van der Waals surface area contributed by atoms with Crippen molar-refractivity contribution < 1.29 is 9.59 Å². The number of imidazole rings is 1. The number of rotatable bonds is 5. The highest BCUT2D eigenvalue weighted by atomic mass is 16.2. The van der Waals surface area contributed by atoms with Gasteiger partial charge in [-0.3, -0.25) is 9.20 Å². The van der Waals surface area contributed by atoms with Crippen LogP contribution < -0.4 is 11.1 Å². The summed E-state index contributed by atoms with van der Waals surface area (Å²) in [4.78, 5) is 44.4. The van der Waals surface area contributed by atoms with E-state index in [-0.39, 0.29) is 23.9 Å². The van der Waals surface area contributed by atoms with Gasteiger partial charge in [0.15, 0.2) is 0 Å². The van der Waals surface area contributed by atoms with Crippen molar-refractivity contribution in [3.63, 3.8) is 0 Å². The van der Waals surface area contributed by atoms with Gasteiger partial charge in [-0.25, -0.2) is 19.7 Å². The molecule has 4 aromatic rings. The zero-order chi connectivity index (χ0) is 29.5. The van der Waals surface area contributed by atoms with Gasteiger partial charge in [0.2, 0.25) is 0 Å². The number of carbonyl (C=O) groups is 2. The molecule has 7 rings (SSSR count). The van der Waals surface area contributed by atoms with Crippen molar-refractivity contribution in [2.45, 2.75) is 69.7 Å². The van der Waals surface area contributed by atoms with Gasteiger partial charge in [0, 0.05) is 61.3 Å². The highest BCUT2D eigenvalue weighted by molar-refractivity contribution is 6.04. The van der Waals surface area contributed by atoms with E-state index in [1.807, 2.05) is 44.7 Å². The molecule has 1 aromatic carbocycles. The molecule has 43 heavy (non-hydrogen) atoms. The number of pyridine rings is 1. The first kappa shape index (κ1) is 27.4. The Balaban J connectivity index is 1.14. The van der Waals surface area contributed by atoms with Crippen LogP contribution in [0.1, 0.15) is 85.5 Å². The Hall–Kier alpha value is -4.47. The first-order valence-electron chi connectivity index (χ1n) is 15.5. The van der Waals surface area contributed by atoms with Crippen LogP contribution in [0, 0.1) is 0 Å². The van der Waals surface area contributed by atoms with Gasteiger partial charge in [-0.2, -0.15) is 0 Å². The minimum atomic E-state index is -0.210. The third kappa shape index (κ3) is 5.42. The van der Waals surface area contributed by atoms with Gasteiger partial charge in [0.1, 0.15) is 28.7 Å². The quantitative estimate of drug-likeness (QED) is 0.314. The van der Waals surface area contributed by atoms with Crippen LogP contribution in [0.15, 0.2) is 55.0 Å². The molecule has 2 atom stereocenters. The molecule has 3 fully saturated rings. The maximum absolute atomic E-state index is 13.5.